The van der Waals surface area contributed by atoms with Gasteiger partial charge in [-0.2, -0.15) is 0 Å². The van der Waals surface area contributed by atoms with E-state index in [4.69, 9.17) is 14.4 Å². The summed E-state index contributed by atoms with van der Waals surface area (Å²) in [5.74, 6) is 1.63. The van der Waals surface area contributed by atoms with Gasteiger partial charge >= 0.3 is 0 Å². The zero-order valence-corrected chi connectivity index (χ0v) is 29.1. The Morgan fingerprint density at radius 3 is 1.65 bits per heavy atom. The van der Waals surface area contributed by atoms with Crippen molar-refractivity contribution in [2.45, 2.75) is 12.5 Å². The van der Waals surface area contributed by atoms with Crippen LogP contribution in [0.3, 0.4) is 0 Å². The lowest BCUT2D eigenvalue weighted by atomic mass is 9.94. The molecule has 0 saturated carbocycles. The number of benzene rings is 6. The summed E-state index contributed by atoms with van der Waals surface area (Å²) in [7, 11) is 0. The Morgan fingerprint density at radius 2 is 1.02 bits per heavy atom. The number of hydrogen-bond donors (Lipinski definition) is 0. The van der Waals surface area contributed by atoms with E-state index in [1.807, 2.05) is 40.9 Å². The number of nitrogens with zero attached hydrogens (tertiary/aromatic N) is 2. The Balaban J connectivity index is 0.991. The second-order valence-electron chi connectivity index (χ2n) is 13.0. The molecule has 0 aliphatic carbocycles. The van der Waals surface area contributed by atoms with Crippen molar-refractivity contribution in [1.29, 1.82) is 0 Å². The molecule has 9 aromatic rings. The predicted molar refractivity (Wildman–Crippen MR) is 217 cm³/mol. The first-order chi connectivity index (χ1) is 25.2. The quantitative estimate of drug-likeness (QED) is 0.171. The van der Waals surface area contributed by atoms with Crippen LogP contribution >= 0.6 is 22.7 Å². The maximum atomic E-state index is 6.16. The van der Waals surface area contributed by atoms with Gasteiger partial charge in [0.2, 0.25) is 0 Å². The summed E-state index contributed by atoms with van der Waals surface area (Å²) < 4.78 is 8.77. The Kier molecular flexibility index (Phi) is 7.33. The molecule has 51 heavy (non-hydrogen) atoms. The highest BCUT2D eigenvalue weighted by Crippen LogP contribution is 2.37. The van der Waals surface area contributed by atoms with Gasteiger partial charge in [-0.15, -0.1) is 22.7 Å². The Labute approximate surface area is 303 Å². The van der Waals surface area contributed by atoms with Crippen LogP contribution in [0.15, 0.2) is 178 Å². The van der Waals surface area contributed by atoms with Gasteiger partial charge in [-0.1, -0.05) is 127 Å². The van der Waals surface area contributed by atoms with Gasteiger partial charge in [0.25, 0.3) is 0 Å². The molecular weight excluding hydrogens is 661 g/mol. The topological polar surface area (TPSA) is 37.9 Å². The monoisotopic (exact) mass is 690 g/mol. The second-order valence-corrected chi connectivity index (χ2v) is 15.1. The van der Waals surface area contributed by atoms with Gasteiger partial charge < -0.3 is 4.42 Å². The number of hydrogen-bond acceptors (Lipinski definition) is 5. The molecule has 1 atom stereocenters. The maximum absolute atomic E-state index is 6.16. The van der Waals surface area contributed by atoms with E-state index in [0.717, 1.165) is 51.4 Å². The van der Waals surface area contributed by atoms with Gasteiger partial charge in [0, 0.05) is 42.1 Å². The van der Waals surface area contributed by atoms with E-state index in [1.165, 1.54) is 46.6 Å². The zero-order chi connectivity index (χ0) is 33.7. The number of amidine groups is 1. The lowest BCUT2D eigenvalue weighted by molar-refractivity contribution is 0.631. The lowest BCUT2D eigenvalue weighted by Gasteiger charge is -2.22. The first kappa shape index (κ1) is 30.0. The Morgan fingerprint density at radius 1 is 0.490 bits per heavy atom. The molecule has 1 unspecified atom stereocenters. The van der Waals surface area contributed by atoms with E-state index in [-0.39, 0.29) is 6.04 Å². The average Bonchev–Trinajstić information content (AvgIpc) is 3.95. The number of aliphatic imine (C=N–C) groups is 2. The largest absolute Gasteiger partial charge is 0.456 e. The first-order valence-electron chi connectivity index (χ1n) is 17.1. The van der Waals surface area contributed by atoms with Crippen molar-refractivity contribution in [1.82, 2.24) is 0 Å². The highest BCUT2D eigenvalue weighted by atomic mass is 32.1. The zero-order valence-electron chi connectivity index (χ0n) is 27.5. The van der Waals surface area contributed by atoms with E-state index in [0.29, 0.717) is 0 Å². The molecule has 3 nitrogen and oxygen atoms in total. The molecule has 0 amide bonds. The van der Waals surface area contributed by atoms with Gasteiger partial charge in [-0.3, -0.25) is 4.99 Å². The van der Waals surface area contributed by atoms with E-state index in [1.54, 1.807) is 0 Å². The molecule has 0 saturated heterocycles. The minimum absolute atomic E-state index is 0.0544. The fraction of sp³-hybridized carbons (Fsp3) is 0.0435. The second kappa shape index (κ2) is 12.5. The summed E-state index contributed by atoms with van der Waals surface area (Å²) in [6.45, 7) is 0. The van der Waals surface area contributed by atoms with Crippen LogP contribution in [0.5, 0.6) is 0 Å². The number of furan rings is 1. The number of para-hydroxylation sites is 1. The van der Waals surface area contributed by atoms with Crippen LogP contribution in [0.25, 0.3) is 63.3 Å². The molecule has 1 aliphatic heterocycles. The third-order valence-electron chi connectivity index (χ3n) is 9.69. The van der Waals surface area contributed by atoms with Crippen LogP contribution in [-0.2, 0) is 0 Å². The third kappa shape index (κ3) is 5.71. The highest BCUT2D eigenvalue weighted by molar-refractivity contribution is 7.22. The van der Waals surface area contributed by atoms with E-state index in [9.17, 15) is 0 Å². The molecule has 242 valence electrons. The third-order valence-corrected chi connectivity index (χ3v) is 12.0. The van der Waals surface area contributed by atoms with E-state index >= 15 is 0 Å². The van der Waals surface area contributed by atoms with Crippen molar-refractivity contribution in [3.63, 3.8) is 0 Å². The van der Waals surface area contributed by atoms with Crippen molar-refractivity contribution < 1.29 is 4.42 Å². The first-order valence-corrected chi connectivity index (χ1v) is 18.8. The molecule has 0 spiro atoms. The SMILES string of the molecule is c1ccc2oc(-c3ccc(C4=NC(c5ccc(-c6cc7ccccc7s6)cc5)=NC(c5ccc(-c6cc7ccccc7s6)cc5)C4)cc3)cc2c1. The standard InChI is InChI=1S/C46H30N2OS2/c1-4-10-40-35(7-1)25-41(49-40)31-17-13-29(14-18-31)38-28-39(30-15-19-32(20-16-30)44-26-36-8-2-5-11-42(36)50-44)48-46(47-38)34-23-21-33(22-24-34)45-27-37-9-3-6-12-43(37)51-45/h1-27,39H,28H2. The molecule has 0 N–H and O–H groups in total. The molecule has 3 aromatic heterocycles. The highest BCUT2D eigenvalue weighted by Gasteiger charge is 2.23. The van der Waals surface area contributed by atoms with Crippen LogP contribution in [-0.4, -0.2) is 11.5 Å². The smallest absolute Gasteiger partial charge is 0.155 e. The fourth-order valence-electron chi connectivity index (χ4n) is 6.95. The van der Waals surface area contributed by atoms with Crippen LogP contribution in [0.2, 0.25) is 0 Å². The van der Waals surface area contributed by atoms with Gasteiger partial charge in [0.1, 0.15) is 11.3 Å². The predicted octanol–water partition coefficient (Wildman–Crippen LogP) is 13.2. The summed E-state index contributed by atoms with van der Waals surface area (Å²) in [6, 6.07) is 58.2. The number of fused-ring (bicyclic) bond motifs is 3. The molecule has 5 heteroatoms. The molecule has 0 radical (unpaired) electrons. The van der Waals surface area contributed by atoms with Crippen molar-refractivity contribution in [2.75, 3.05) is 0 Å². The molecule has 4 heterocycles. The minimum atomic E-state index is -0.0544. The van der Waals surface area contributed by atoms with Crippen LogP contribution in [0.4, 0.5) is 0 Å². The molecule has 1 aliphatic rings. The maximum Gasteiger partial charge on any atom is 0.155 e. The van der Waals surface area contributed by atoms with Crippen molar-refractivity contribution in [3.05, 3.63) is 180 Å². The summed E-state index contributed by atoms with van der Waals surface area (Å²) in [5.41, 5.74) is 8.70. The summed E-state index contributed by atoms with van der Waals surface area (Å²) in [6.07, 6.45) is 0.718. The Bertz CT molecular complexity index is 2660. The van der Waals surface area contributed by atoms with E-state index in [2.05, 4.69) is 146 Å². The molecule has 0 bridgehead atoms. The summed E-state index contributed by atoms with van der Waals surface area (Å²) in [5, 5.41) is 3.67. The molecule has 0 fully saturated rings. The van der Waals surface area contributed by atoms with Crippen LogP contribution in [0.1, 0.15) is 29.2 Å². The molecular formula is C46H30N2OS2. The summed E-state index contributed by atoms with van der Waals surface area (Å²) >= 11 is 3.66. The molecule has 6 aromatic carbocycles. The van der Waals surface area contributed by atoms with Gasteiger partial charge in [-0.05, 0) is 69.4 Å². The molecule has 10 rings (SSSR count). The Hall–Kier alpha value is -5.88. The average molecular weight is 691 g/mol. The fourth-order valence-corrected chi connectivity index (χ4v) is 9.08. The minimum Gasteiger partial charge on any atom is -0.456 e. The van der Waals surface area contributed by atoms with Crippen molar-refractivity contribution in [3.8, 4) is 32.2 Å². The van der Waals surface area contributed by atoms with Crippen molar-refractivity contribution >= 4 is 65.4 Å². The van der Waals surface area contributed by atoms with Gasteiger partial charge in [-0.25, -0.2) is 4.99 Å². The number of thiophene rings is 2. The van der Waals surface area contributed by atoms with Crippen LogP contribution < -0.4 is 0 Å². The lowest BCUT2D eigenvalue weighted by Crippen LogP contribution is -2.17. The number of rotatable bonds is 6. The van der Waals surface area contributed by atoms with Gasteiger partial charge in [0.15, 0.2) is 5.84 Å². The van der Waals surface area contributed by atoms with E-state index < -0.39 is 0 Å². The van der Waals surface area contributed by atoms with Crippen molar-refractivity contribution in [2.24, 2.45) is 9.98 Å². The van der Waals surface area contributed by atoms with Gasteiger partial charge in [0.05, 0.1) is 11.8 Å². The van der Waals surface area contributed by atoms with Crippen LogP contribution in [0, 0.1) is 0 Å². The summed E-state index contributed by atoms with van der Waals surface area (Å²) in [4.78, 5) is 13.0. The normalized spacial score (nSPS) is 14.6.